The third-order valence-corrected chi connectivity index (χ3v) is 14.9. The Bertz CT molecular complexity index is 2950. The molecule has 3 aliphatic rings. The molecule has 7 aromatic rings. The summed E-state index contributed by atoms with van der Waals surface area (Å²) in [5.41, 5.74) is 24.8. The summed E-state index contributed by atoms with van der Waals surface area (Å²) in [5, 5.41) is 0. The van der Waals surface area contributed by atoms with Crippen molar-refractivity contribution in [3.63, 3.8) is 0 Å². The molecule has 0 amide bonds. The SMILES string of the molecule is Cc1cc2c3c(c1)N(c1c(-c4ccccc4)cc(C(C)(C)C)cc1-c1ccccc1)c1cc4c(cc1B3c1cc(C(C)(C)C)ccc1N2c1ccc(C(C)(C)C)cc1)C(C)(C)CC4(C)C. The molecule has 2 aliphatic heterocycles. The summed E-state index contributed by atoms with van der Waals surface area (Å²) in [5.74, 6) is 0. The highest BCUT2D eigenvalue weighted by Crippen LogP contribution is 2.55. The van der Waals surface area contributed by atoms with Crippen LogP contribution in [0.2, 0.25) is 0 Å². The predicted molar refractivity (Wildman–Crippen MR) is 283 cm³/mol. The fourth-order valence-electron chi connectivity index (χ4n) is 11.7. The van der Waals surface area contributed by atoms with E-state index in [0.29, 0.717) is 0 Å². The summed E-state index contributed by atoms with van der Waals surface area (Å²) in [6.45, 7) is 33.2. The number of aryl methyl sites for hydroxylation is 1. The molecule has 1 aliphatic carbocycles. The minimum absolute atomic E-state index is 0.0120. The van der Waals surface area contributed by atoms with Crippen LogP contribution in [0, 0.1) is 6.92 Å². The molecule has 0 aromatic heterocycles. The Morgan fingerprint density at radius 1 is 0.446 bits per heavy atom. The van der Waals surface area contributed by atoms with Crippen molar-refractivity contribution in [2.24, 2.45) is 0 Å². The minimum atomic E-state index is -0.0765. The van der Waals surface area contributed by atoms with Gasteiger partial charge in [0.15, 0.2) is 0 Å². The number of fused-ring (bicyclic) bond motifs is 5. The monoisotopic (exact) mass is 851 g/mol. The van der Waals surface area contributed by atoms with Crippen LogP contribution in [0.4, 0.5) is 34.1 Å². The molecule has 0 atom stereocenters. The quantitative estimate of drug-likeness (QED) is 0.163. The van der Waals surface area contributed by atoms with E-state index >= 15 is 0 Å². The fraction of sp³-hybridized carbons (Fsp3) is 0.323. The lowest BCUT2D eigenvalue weighted by molar-refractivity contribution is 0.403. The second-order valence-electron chi connectivity index (χ2n) is 23.9. The van der Waals surface area contributed by atoms with Gasteiger partial charge in [0.25, 0.3) is 6.71 Å². The highest BCUT2D eigenvalue weighted by Gasteiger charge is 2.49. The molecule has 7 aromatic carbocycles. The fourth-order valence-corrected chi connectivity index (χ4v) is 11.7. The van der Waals surface area contributed by atoms with E-state index in [2.05, 4.69) is 246 Å². The van der Waals surface area contributed by atoms with Gasteiger partial charge >= 0.3 is 0 Å². The number of benzene rings is 7. The van der Waals surface area contributed by atoms with Crippen LogP contribution in [-0.2, 0) is 27.1 Å². The highest BCUT2D eigenvalue weighted by molar-refractivity contribution is 7.00. The second kappa shape index (κ2) is 14.6. The van der Waals surface area contributed by atoms with E-state index in [4.69, 9.17) is 0 Å². The number of hydrogen-bond donors (Lipinski definition) is 0. The zero-order valence-electron chi connectivity index (χ0n) is 41.5. The molecule has 328 valence electrons. The van der Waals surface area contributed by atoms with E-state index < -0.39 is 0 Å². The maximum absolute atomic E-state index is 2.72. The molecule has 0 unspecified atom stereocenters. The predicted octanol–water partition coefficient (Wildman–Crippen LogP) is 15.3. The maximum atomic E-state index is 2.72. The lowest BCUT2D eigenvalue weighted by Gasteiger charge is -2.46. The Labute approximate surface area is 390 Å². The first-order valence-electron chi connectivity index (χ1n) is 24.0. The summed E-state index contributed by atoms with van der Waals surface area (Å²) in [4.78, 5) is 5.30. The average Bonchev–Trinajstić information content (AvgIpc) is 3.43. The van der Waals surface area contributed by atoms with Gasteiger partial charge in [-0.2, -0.15) is 0 Å². The van der Waals surface area contributed by atoms with Gasteiger partial charge in [0.1, 0.15) is 0 Å². The molecular formula is C62H67BN2. The molecule has 2 nitrogen and oxygen atoms in total. The first-order chi connectivity index (χ1) is 30.5. The van der Waals surface area contributed by atoms with Crippen LogP contribution in [0.5, 0.6) is 0 Å². The van der Waals surface area contributed by atoms with E-state index in [1.807, 2.05) is 0 Å². The van der Waals surface area contributed by atoms with Crippen LogP contribution >= 0.6 is 0 Å². The number of nitrogens with zero attached hydrogens (tertiary/aromatic N) is 2. The van der Waals surface area contributed by atoms with Crippen molar-refractivity contribution >= 4 is 57.2 Å². The Balaban J connectivity index is 1.39. The van der Waals surface area contributed by atoms with Crippen molar-refractivity contribution in [1.82, 2.24) is 0 Å². The van der Waals surface area contributed by atoms with Gasteiger partial charge in [-0.1, -0.05) is 181 Å². The standard InChI is InChI=1S/C62H67BN2/c1-39-31-54-56-55(32-39)65(57-46(40-21-17-15-18-22-40)33-44(60(8,9)10)34-47(57)41-23-19-16-20-24-41)53-37-49-48(61(11,12)38-62(49,13)14)36-51(53)63(56)50-35-43(59(5,6)7)27-30-52(50)64(54)45-28-25-42(26-29-45)58(2,3)4/h15-37H,38H2,1-14H3. The normalized spacial score (nSPS) is 15.9. The van der Waals surface area contributed by atoms with Gasteiger partial charge in [-0.25, -0.2) is 0 Å². The van der Waals surface area contributed by atoms with E-state index in [-0.39, 0.29) is 33.8 Å². The van der Waals surface area contributed by atoms with Gasteiger partial charge in [0.2, 0.25) is 0 Å². The molecule has 0 N–H and O–H groups in total. The van der Waals surface area contributed by atoms with Gasteiger partial charge in [-0.05, 0) is 150 Å². The van der Waals surface area contributed by atoms with Crippen LogP contribution in [0.15, 0.2) is 140 Å². The maximum Gasteiger partial charge on any atom is 0.252 e. The van der Waals surface area contributed by atoms with Crippen LogP contribution in [0.3, 0.4) is 0 Å². The molecule has 0 saturated carbocycles. The number of anilines is 6. The Morgan fingerprint density at radius 3 is 1.45 bits per heavy atom. The summed E-state index contributed by atoms with van der Waals surface area (Å²) >= 11 is 0. The molecule has 0 saturated heterocycles. The van der Waals surface area contributed by atoms with Gasteiger partial charge in [0, 0.05) is 39.6 Å². The van der Waals surface area contributed by atoms with E-state index in [9.17, 15) is 0 Å². The highest BCUT2D eigenvalue weighted by atomic mass is 15.2. The van der Waals surface area contributed by atoms with E-state index in [1.165, 1.54) is 106 Å². The topological polar surface area (TPSA) is 6.48 Å². The first kappa shape index (κ1) is 43.1. The molecule has 65 heavy (non-hydrogen) atoms. The third-order valence-electron chi connectivity index (χ3n) is 14.9. The molecule has 0 spiro atoms. The van der Waals surface area contributed by atoms with Gasteiger partial charge in [-0.3, -0.25) is 0 Å². The van der Waals surface area contributed by atoms with Gasteiger partial charge < -0.3 is 9.80 Å². The Morgan fingerprint density at radius 2 is 0.923 bits per heavy atom. The van der Waals surface area contributed by atoms with Crippen LogP contribution in [-0.4, -0.2) is 6.71 Å². The molecule has 10 rings (SSSR count). The zero-order chi connectivity index (χ0) is 46.2. The van der Waals surface area contributed by atoms with Crippen LogP contribution in [0.25, 0.3) is 22.3 Å². The van der Waals surface area contributed by atoms with Crippen molar-refractivity contribution in [2.75, 3.05) is 9.80 Å². The number of rotatable bonds is 4. The molecular weight excluding hydrogens is 784 g/mol. The van der Waals surface area contributed by atoms with Crippen molar-refractivity contribution < 1.29 is 0 Å². The van der Waals surface area contributed by atoms with Crippen molar-refractivity contribution in [2.45, 2.75) is 130 Å². The first-order valence-corrected chi connectivity index (χ1v) is 24.0. The average molecular weight is 851 g/mol. The van der Waals surface area contributed by atoms with Crippen LogP contribution in [0.1, 0.15) is 130 Å². The van der Waals surface area contributed by atoms with Crippen LogP contribution < -0.4 is 26.2 Å². The molecule has 0 fully saturated rings. The molecule has 2 heterocycles. The van der Waals surface area contributed by atoms with Crippen molar-refractivity contribution in [3.8, 4) is 22.3 Å². The summed E-state index contributed by atoms with van der Waals surface area (Å²) in [7, 11) is 0. The molecule has 3 heteroatoms. The zero-order valence-corrected chi connectivity index (χ0v) is 41.5. The molecule has 0 bridgehead atoms. The summed E-state index contributed by atoms with van der Waals surface area (Å²) in [6, 6.07) is 54.3. The summed E-state index contributed by atoms with van der Waals surface area (Å²) in [6.07, 6.45) is 1.11. The van der Waals surface area contributed by atoms with E-state index in [0.717, 1.165) is 6.42 Å². The van der Waals surface area contributed by atoms with Crippen molar-refractivity contribution in [1.29, 1.82) is 0 Å². The smallest absolute Gasteiger partial charge is 0.252 e. The van der Waals surface area contributed by atoms with Crippen molar-refractivity contribution in [3.05, 3.63) is 173 Å². The van der Waals surface area contributed by atoms with E-state index in [1.54, 1.807) is 0 Å². The lowest BCUT2D eigenvalue weighted by atomic mass is 9.33. The lowest BCUT2D eigenvalue weighted by Crippen LogP contribution is -2.61. The van der Waals surface area contributed by atoms with Gasteiger partial charge in [-0.15, -0.1) is 0 Å². The molecule has 0 radical (unpaired) electrons. The summed E-state index contributed by atoms with van der Waals surface area (Å²) < 4.78 is 0. The largest absolute Gasteiger partial charge is 0.311 e. The second-order valence-corrected chi connectivity index (χ2v) is 23.9. The third kappa shape index (κ3) is 7.08. The minimum Gasteiger partial charge on any atom is -0.311 e. The van der Waals surface area contributed by atoms with Gasteiger partial charge in [0.05, 0.1) is 5.69 Å². The number of hydrogen-bond acceptors (Lipinski definition) is 2. The Kier molecular flexibility index (Phi) is 9.69. The Hall–Kier alpha value is -5.80.